The van der Waals surface area contributed by atoms with Gasteiger partial charge in [-0.3, -0.25) is 0 Å². The Kier molecular flexibility index (Phi) is 2.22. The molecule has 0 saturated heterocycles. The van der Waals surface area contributed by atoms with Gasteiger partial charge in [-0.15, -0.1) is 6.58 Å². The number of alkyl halides is 1. The largest absolute Gasteiger partial charge is 0.548 e. The molecule has 0 aromatic rings. The second-order valence-corrected chi connectivity index (χ2v) is 3.21. The maximum Gasteiger partial charge on any atom is 0.0799 e. The summed E-state index contributed by atoms with van der Waals surface area (Å²) in [6, 6.07) is 0. The van der Waals surface area contributed by atoms with Gasteiger partial charge in [0, 0.05) is 0 Å². The second kappa shape index (κ2) is 2.31. The topological polar surface area (TPSA) is 40.1 Å². The van der Waals surface area contributed by atoms with Gasteiger partial charge >= 0.3 is 0 Å². The van der Waals surface area contributed by atoms with Crippen LogP contribution in [0.5, 0.6) is 0 Å². The first-order valence-corrected chi connectivity index (χ1v) is 2.84. The number of hydrogen-bond acceptors (Lipinski definition) is 2. The lowest BCUT2D eigenvalue weighted by Crippen LogP contribution is -2.39. The van der Waals surface area contributed by atoms with Crippen LogP contribution in [0.3, 0.4) is 0 Å². The highest BCUT2D eigenvalue weighted by Crippen LogP contribution is 2.15. The number of hydrogen-bond donors (Lipinski definition) is 0. The molecule has 0 heterocycles. The third-order valence-corrected chi connectivity index (χ3v) is 1.43. The van der Waals surface area contributed by atoms with E-state index >= 15 is 0 Å². The van der Waals surface area contributed by atoms with Gasteiger partial charge in [0.15, 0.2) is 0 Å². The fourth-order valence-corrected chi connectivity index (χ4v) is 0.0833. The SMILES string of the molecule is C=CC(C)(Br)C(=O)[O-]. The lowest BCUT2D eigenvalue weighted by Gasteiger charge is -2.17. The molecule has 0 bridgehead atoms. The summed E-state index contributed by atoms with van der Waals surface area (Å²) in [4.78, 5) is 10.0. The predicted octanol–water partition coefficient (Wildman–Crippen LogP) is 0.0759. The van der Waals surface area contributed by atoms with E-state index in [0.717, 1.165) is 0 Å². The smallest absolute Gasteiger partial charge is 0.0799 e. The van der Waals surface area contributed by atoms with Crippen molar-refractivity contribution in [3.8, 4) is 0 Å². The van der Waals surface area contributed by atoms with E-state index in [2.05, 4.69) is 22.5 Å². The fourth-order valence-electron chi connectivity index (χ4n) is 0.0833. The molecule has 0 saturated carbocycles. The van der Waals surface area contributed by atoms with Crippen molar-refractivity contribution in [2.75, 3.05) is 0 Å². The molecule has 0 spiro atoms. The van der Waals surface area contributed by atoms with Crippen molar-refractivity contribution in [1.82, 2.24) is 0 Å². The van der Waals surface area contributed by atoms with Gasteiger partial charge in [-0.25, -0.2) is 0 Å². The van der Waals surface area contributed by atoms with Crippen LogP contribution in [-0.4, -0.2) is 10.3 Å². The first kappa shape index (κ1) is 7.69. The Bertz CT molecular complexity index is 118. The van der Waals surface area contributed by atoms with Crippen molar-refractivity contribution in [3.63, 3.8) is 0 Å². The van der Waals surface area contributed by atoms with Gasteiger partial charge in [0.2, 0.25) is 0 Å². The van der Waals surface area contributed by atoms with Crippen molar-refractivity contribution in [3.05, 3.63) is 12.7 Å². The summed E-state index contributed by atoms with van der Waals surface area (Å²) in [6.07, 6.45) is 1.27. The fraction of sp³-hybridized carbons (Fsp3) is 0.400. The van der Waals surface area contributed by atoms with Crippen LogP contribution in [0.1, 0.15) is 6.92 Å². The third-order valence-electron chi connectivity index (χ3n) is 0.782. The van der Waals surface area contributed by atoms with Crippen molar-refractivity contribution in [1.29, 1.82) is 0 Å². The quantitative estimate of drug-likeness (QED) is 0.443. The Morgan fingerprint density at radius 2 is 2.38 bits per heavy atom. The molecule has 1 unspecified atom stereocenters. The zero-order valence-corrected chi connectivity index (χ0v) is 6.06. The highest BCUT2D eigenvalue weighted by Gasteiger charge is 2.15. The average molecular weight is 178 g/mol. The van der Waals surface area contributed by atoms with Crippen LogP contribution in [0.25, 0.3) is 0 Å². The Morgan fingerprint density at radius 1 is 2.00 bits per heavy atom. The minimum absolute atomic E-state index is 1.08. The number of carboxylic acids is 1. The molecule has 0 fully saturated rings. The Balaban J connectivity index is 4.12. The molecule has 0 aliphatic heterocycles. The van der Waals surface area contributed by atoms with Crippen molar-refractivity contribution in [2.45, 2.75) is 11.2 Å². The summed E-state index contributed by atoms with van der Waals surface area (Å²) < 4.78 is -1.08. The number of carbonyl (C=O) groups is 1. The predicted molar refractivity (Wildman–Crippen MR) is 32.5 cm³/mol. The maximum atomic E-state index is 10.0. The van der Waals surface area contributed by atoms with Crippen molar-refractivity contribution >= 4 is 21.9 Å². The van der Waals surface area contributed by atoms with Gasteiger partial charge in [-0.1, -0.05) is 22.0 Å². The monoisotopic (exact) mass is 177 g/mol. The highest BCUT2D eigenvalue weighted by atomic mass is 79.9. The summed E-state index contributed by atoms with van der Waals surface area (Å²) in [5, 5.41) is 10.0. The third kappa shape index (κ3) is 1.66. The summed E-state index contributed by atoms with van der Waals surface area (Å²) >= 11 is 2.87. The van der Waals surface area contributed by atoms with Crippen LogP contribution >= 0.6 is 15.9 Å². The molecule has 0 aliphatic rings. The first-order valence-electron chi connectivity index (χ1n) is 2.04. The minimum atomic E-state index is -1.17. The molecule has 0 aromatic heterocycles. The van der Waals surface area contributed by atoms with Gasteiger partial charge in [0.25, 0.3) is 0 Å². The van der Waals surface area contributed by atoms with E-state index in [-0.39, 0.29) is 0 Å². The highest BCUT2D eigenvalue weighted by molar-refractivity contribution is 9.10. The van der Waals surface area contributed by atoms with E-state index in [0.29, 0.717) is 0 Å². The van der Waals surface area contributed by atoms with Crippen molar-refractivity contribution < 1.29 is 9.90 Å². The molecule has 0 radical (unpaired) electrons. The number of carbonyl (C=O) groups excluding carboxylic acids is 1. The second-order valence-electron chi connectivity index (χ2n) is 1.57. The van der Waals surface area contributed by atoms with E-state index < -0.39 is 10.3 Å². The van der Waals surface area contributed by atoms with Crippen LogP contribution in [0, 0.1) is 0 Å². The van der Waals surface area contributed by atoms with Gasteiger partial charge in [0.1, 0.15) is 0 Å². The van der Waals surface area contributed by atoms with Gasteiger partial charge < -0.3 is 9.90 Å². The van der Waals surface area contributed by atoms with Crippen LogP contribution in [0.15, 0.2) is 12.7 Å². The molecule has 0 aromatic carbocycles. The molecule has 0 aliphatic carbocycles. The van der Waals surface area contributed by atoms with Gasteiger partial charge in [-0.2, -0.15) is 0 Å². The van der Waals surface area contributed by atoms with Crippen LogP contribution in [0.4, 0.5) is 0 Å². The Labute approximate surface area is 56.3 Å². The zero-order chi connectivity index (χ0) is 6.78. The molecule has 0 rings (SSSR count). The molecule has 46 valence electrons. The van der Waals surface area contributed by atoms with Crippen LogP contribution < -0.4 is 5.11 Å². The molecule has 8 heavy (non-hydrogen) atoms. The zero-order valence-electron chi connectivity index (χ0n) is 4.48. The van der Waals surface area contributed by atoms with E-state index in [4.69, 9.17) is 0 Å². The summed E-state index contributed by atoms with van der Waals surface area (Å²) in [7, 11) is 0. The van der Waals surface area contributed by atoms with Crippen LogP contribution in [-0.2, 0) is 4.79 Å². The maximum absolute atomic E-state index is 10.0. The number of aliphatic carboxylic acids is 1. The summed E-state index contributed by atoms with van der Waals surface area (Å²) in [6.45, 7) is 4.74. The molecule has 0 amide bonds. The average Bonchev–Trinajstić information content (AvgIpc) is 1.67. The van der Waals surface area contributed by atoms with Crippen molar-refractivity contribution in [2.24, 2.45) is 0 Å². The standard InChI is InChI=1S/C5H7BrO2/c1-3-5(2,6)4(7)8/h3H,1H2,2H3,(H,7,8)/p-1. The Morgan fingerprint density at radius 3 is 2.38 bits per heavy atom. The number of carboxylic acid groups (broad SMARTS) is 1. The lowest BCUT2D eigenvalue weighted by atomic mass is 10.2. The van der Waals surface area contributed by atoms with E-state index in [1.54, 1.807) is 0 Å². The van der Waals surface area contributed by atoms with E-state index in [1.165, 1.54) is 13.0 Å². The van der Waals surface area contributed by atoms with E-state index in [1.807, 2.05) is 0 Å². The molecular formula is C5H6BrO2-. The molecular weight excluding hydrogens is 172 g/mol. The first-order chi connectivity index (χ1) is 3.50. The summed E-state index contributed by atoms with van der Waals surface area (Å²) in [5.74, 6) is -1.17. The molecule has 0 N–H and O–H groups in total. The van der Waals surface area contributed by atoms with E-state index in [9.17, 15) is 9.90 Å². The van der Waals surface area contributed by atoms with Gasteiger partial charge in [0.05, 0.1) is 10.3 Å². The minimum Gasteiger partial charge on any atom is -0.548 e. The van der Waals surface area contributed by atoms with Crippen LogP contribution in [0.2, 0.25) is 0 Å². The molecule has 1 atom stereocenters. The Hall–Kier alpha value is -0.310. The molecule has 2 nitrogen and oxygen atoms in total. The normalized spacial score (nSPS) is 16.8. The number of halogens is 1. The summed E-state index contributed by atoms with van der Waals surface area (Å²) in [5.41, 5.74) is 0. The lowest BCUT2D eigenvalue weighted by molar-refractivity contribution is -0.306. The molecule has 3 heteroatoms. The van der Waals surface area contributed by atoms with Gasteiger partial charge in [-0.05, 0) is 6.92 Å². The number of rotatable bonds is 2.